The number of nitrogens with one attached hydrogen (secondary N) is 1. The fourth-order valence-corrected chi connectivity index (χ4v) is 1.52. The van der Waals surface area contributed by atoms with Crippen molar-refractivity contribution in [3.8, 4) is 0 Å². The third-order valence-corrected chi connectivity index (χ3v) is 3.02. The molecule has 1 aromatic rings. The van der Waals surface area contributed by atoms with E-state index in [0.29, 0.717) is 12.0 Å². The van der Waals surface area contributed by atoms with E-state index in [0.717, 1.165) is 24.4 Å². The van der Waals surface area contributed by atoms with E-state index in [2.05, 4.69) is 31.2 Å². The molecular weight excluding hydrogens is 188 g/mol. The van der Waals surface area contributed by atoms with Crippen molar-refractivity contribution in [3.63, 3.8) is 0 Å². The van der Waals surface area contributed by atoms with Crippen molar-refractivity contribution in [2.24, 2.45) is 5.92 Å². The van der Waals surface area contributed by atoms with Gasteiger partial charge in [-0.25, -0.2) is 0 Å². The largest absolute Gasteiger partial charge is 0.361 e. The highest BCUT2D eigenvalue weighted by Crippen LogP contribution is 2.12. The minimum atomic E-state index is 0.561. The molecule has 0 aliphatic heterocycles. The predicted molar refractivity (Wildman–Crippen MR) is 62.0 cm³/mol. The Morgan fingerprint density at radius 3 is 2.40 bits per heavy atom. The molecule has 3 nitrogen and oxygen atoms in total. The first-order valence-corrected chi connectivity index (χ1v) is 5.67. The van der Waals surface area contributed by atoms with E-state index in [1.54, 1.807) is 0 Å². The molecule has 0 saturated heterocycles. The van der Waals surface area contributed by atoms with Crippen molar-refractivity contribution in [1.82, 2.24) is 10.5 Å². The number of rotatable bonds is 5. The summed E-state index contributed by atoms with van der Waals surface area (Å²) in [5, 5.41) is 7.45. The lowest BCUT2D eigenvalue weighted by Gasteiger charge is -2.17. The molecule has 1 unspecified atom stereocenters. The zero-order valence-electron chi connectivity index (χ0n) is 10.4. The number of hydrogen-bond donors (Lipinski definition) is 1. The predicted octanol–water partition coefficient (Wildman–Crippen LogP) is 2.47. The Bertz CT molecular complexity index is 285. The Hall–Kier alpha value is -0.830. The molecular formula is C12H22N2O. The van der Waals surface area contributed by atoms with Crippen LogP contribution in [0.5, 0.6) is 0 Å². The van der Waals surface area contributed by atoms with Gasteiger partial charge in [0.15, 0.2) is 0 Å². The van der Waals surface area contributed by atoms with E-state index in [-0.39, 0.29) is 0 Å². The maximum atomic E-state index is 5.12. The van der Waals surface area contributed by atoms with Crippen molar-refractivity contribution in [3.05, 3.63) is 17.0 Å². The fraction of sp³-hybridized carbons (Fsp3) is 0.750. The van der Waals surface area contributed by atoms with E-state index >= 15 is 0 Å². The quantitative estimate of drug-likeness (QED) is 0.811. The average Bonchev–Trinajstić information content (AvgIpc) is 2.48. The highest BCUT2D eigenvalue weighted by molar-refractivity contribution is 5.20. The Morgan fingerprint density at radius 1 is 1.27 bits per heavy atom. The molecule has 0 radical (unpaired) electrons. The molecule has 15 heavy (non-hydrogen) atoms. The van der Waals surface area contributed by atoms with Crippen LogP contribution < -0.4 is 5.32 Å². The van der Waals surface area contributed by atoms with Gasteiger partial charge in [0, 0.05) is 11.6 Å². The summed E-state index contributed by atoms with van der Waals surface area (Å²) in [6, 6.07) is 0.561. The van der Waals surface area contributed by atoms with Crippen molar-refractivity contribution in [2.45, 2.75) is 47.1 Å². The SMILES string of the molecule is Cc1noc(C)c1CCNC(C)C(C)C. The summed E-state index contributed by atoms with van der Waals surface area (Å²) in [4.78, 5) is 0. The number of aryl methyl sites for hydroxylation is 2. The maximum absolute atomic E-state index is 5.12. The standard InChI is InChI=1S/C12H22N2O/c1-8(2)9(3)13-7-6-12-10(4)14-15-11(12)5/h8-9,13H,6-7H2,1-5H3. The molecule has 3 heteroatoms. The molecule has 0 aromatic carbocycles. The van der Waals surface area contributed by atoms with Gasteiger partial charge in [-0.15, -0.1) is 0 Å². The summed E-state index contributed by atoms with van der Waals surface area (Å²) >= 11 is 0. The molecule has 0 fully saturated rings. The highest BCUT2D eigenvalue weighted by atomic mass is 16.5. The van der Waals surface area contributed by atoms with Crippen LogP contribution in [0.2, 0.25) is 0 Å². The highest BCUT2D eigenvalue weighted by Gasteiger charge is 2.10. The van der Waals surface area contributed by atoms with E-state index in [1.807, 2.05) is 13.8 Å². The second-order valence-electron chi connectivity index (χ2n) is 4.54. The number of hydrogen-bond acceptors (Lipinski definition) is 3. The first-order chi connectivity index (χ1) is 7.02. The van der Waals surface area contributed by atoms with E-state index in [9.17, 15) is 0 Å². The summed E-state index contributed by atoms with van der Waals surface area (Å²) in [7, 11) is 0. The van der Waals surface area contributed by atoms with Crippen LogP contribution in [0, 0.1) is 19.8 Å². The number of nitrogens with zero attached hydrogens (tertiary/aromatic N) is 1. The minimum absolute atomic E-state index is 0.561. The summed E-state index contributed by atoms with van der Waals surface area (Å²) in [5.41, 5.74) is 2.27. The van der Waals surface area contributed by atoms with E-state index < -0.39 is 0 Å². The van der Waals surface area contributed by atoms with Crippen LogP contribution >= 0.6 is 0 Å². The lowest BCUT2D eigenvalue weighted by molar-refractivity contribution is 0.391. The topological polar surface area (TPSA) is 38.1 Å². The van der Waals surface area contributed by atoms with Gasteiger partial charge in [-0.3, -0.25) is 0 Å². The maximum Gasteiger partial charge on any atom is 0.137 e. The summed E-state index contributed by atoms with van der Waals surface area (Å²) in [6.07, 6.45) is 0.998. The monoisotopic (exact) mass is 210 g/mol. The van der Waals surface area contributed by atoms with Crippen molar-refractivity contribution < 1.29 is 4.52 Å². The summed E-state index contributed by atoms with van der Waals surface area (Å²) < 4.78 is 5.12. The Labute approximate surface area is 92.2 Å². The van der Waals surface area contributed by atoms with Gasteiger partial charge in [0.25, 0.3) is 0 Å². The fourth-order valence-electron chi connectivity index (χ4n) is 1.52. The van der Waals surface area contributed by atoms with Crippen molar-refractivity contribution >= 4 is 0 Å². The van der Waals surface area contributed by atoms with Gasteiger partial charge in [-0.05, 0) is 39.7 Å². The van der Waals surface area contributed by atoms with Crippen LogP contribution in [-0.4, -0.2) is 17.7 Å². The first kappa shape index (κ1) is 12.2. The van der Waals surface area contributed by atoms with Gasteiger partial charge < -0.3 is 9.84 Å². The van der Waals surface area contributed by atoms with Crippen LogP contribution in [-0.2, 0) is 6.42 Å². The number of aromatic nitrogens is 1. The Balaban J connectivity index is 2.38. The van der Waals surface area contributed by atoms with Crippen molar-refractivity contribution in [1.29, 1.82) is 0 Å². The zero-order valence-corrected chi connectivity index (χ0v) is 10.4. The van der Waals surface area contributed by atoms with Gasteiger partial charge >= 0.3 is 0 Å². The molecule has 86 valence electrons. The minimum Gasteiger partial charge on any atom is -0.361 e. The lowest BCUT2D eigenvalue weighted by atomic mass is 10.1. The molecule has 1 atom stereocenters. The van der Waals surface area contributed by atoms with Gasteiger partial charge in [-0.2, -0.15) is 0 Å². The first-order valence-electron chi connectivity index (χ1n) is 5.67. The summed E-state index contributed by atoms with van der Waals surface area (Å²) in [5.74, 6) is 1.63. The molecule has 0 bridgehead atoms. The third kappa shape index (κ3) is 3.34. The molecule has 0 aliphatic rings. The van der Waals surface area contributed by atoms with E-state index in [4.69, 9.17) is 4.52 Å². The van der Waals surface area contributed by atoms with Crippen LogP contribution in [0.25, 0.3) is 0 Å². The van der Waals surface area contributed by atoms with Gasteiger partial charge in [0.2, 0.25) is 0 Å². The van der Waals surface area contributed by atoms with Gasteiger partial charge in [0.1, 0.15) is 5.76 Å². The second kappa shape index (κ2) is 5.31. The van der Waals surface area contributed by atoms with Crippen LogP contribution in [0.3, 0.4) is 0 Å². The zero-order chi connectivity index (χ0) is 11.4. The molecule has 0 saturated carbocycles. The smallest absolute Gasteiger partial charge is 0.137 e. The van der Waals surface area contributed by atoms with Gasteiger partial charge in [-0.1, -0.05) is 19.0 Å². The van der Waals surface area contributed by atoms with E-state index in [1.165, 1.54) is 5.56 Å². The molecule has 0 amide bonds. The molecule has 0 spiro atoms. The van der Waals surface area contributed by atoms with Crippen LogP contribution in [0.1, 0.15) is 37.8 Å². The lowest BCUT2D eigenvalue weighted by Crippen LogP contribution is -2.32. The average molecular weight is 210 g/mol. The van der Waals surface area contributed by atoms with Crippen LogP contribution in [0.4, 0.5) is 0 Å². The molecule has 1 heterocycles. The van der Waals surface area contributed by atoms with Crippen molar-refractivity contribution in [2.75, 3.05) is 6.54 Å². The Kier molecular flexibility index (Phi) is 4.33. The second-order valence-corrected chi connectivity index (χ2v) is 4.54. The summed E-state index contributed by atoms with van der Waals surface area (Å²) in [6.45, 7) is 11.6. The molecule has 0 aliphatic carbocycles. The Morgan fingerprint density at radius 2 is 1.93 bits per heavy atom. The third-order valence-electron chi connectivity index (χ3n) is 3.02. The molecule has 1 aromatic heterocycles. The molecule has 1 rings (SSSR count). The van der Waals surface area contributed by atoms with Crippen LogP contribution in [0.15, 0.2) is 4.52 Å². The van der Waals surface area contributed by atoms with Gasteiger partial charge in [0.05, 0.1) is 5.69 Å². The normalized spacial score (nSPS) is 13.5. The molecule has 1 N–H and O–H groups in total.